The van der Waals surface area contributed by atoms with Gasteiger partial charge >= 0.3 is 0 Å². The standard InChI is InChI=1S/C15H15N5O/c16-11-1-3-12(4-2-11)21-10-9-18-14-6-5-13-15(20-14)19-8-7-17-13/h1-8H,9-10,16H2,(H,18,19,20). The van der Waals surface area contributed by atoms with Crippen LogP contribution in [0.5, 0.6) is 5.75 Å². The lowest BCUT2D eigenvalue weighted by Crippen LogP contribution is -2.12. The highest BCUT2D eigenvalue weighted by atomic mass is 16.5. The number of nitrogen functional groups attached to an aromatic ring is 1. The van der Waals surface area contributed by atoms with E-state index < -0.39 is 0 Å². The van der Waals surface area contributed by atoms with Gasteiger partial charge in [0.1, 0.15) is 23.7 Å². The van der Waals surface area contributed by atoms with E-state index in [1.165, 1.54) is 0 Å². The molecule has 106 valence electrons. The highest BCUT2D eigenvalue weighted by Crippen LogP contribution is 2.13. The molecule has 0 bridgehead atoms. The van der Waals surface area contributed by atoms with Crippen LogP contribution >= 0.6 is 0 Å². The van der Waals surface area contributed by atoms with Gasteiger partial charge in [-0.25, -0.2) is 9.97 Å². The number of hydrogen-bond acceptors (Lipinski definition) is 6. The maximum atomic E-state index is 5.62. The Balaban J connectivity index is 1.53. The van der Waals surface area contributed by atoms with Gasteiger partial charge in [0.2, 0.25) is 0 Å². The highest BCUT2D eigenvalue weighted by Gasteiger charge is 1.99. The van der Waals surface area contributed by atoms with E-state index in [1.54, 1.807) is 12.4 Å². The molecule has 21 heavy (non-hydrogen) atoms. The van der Waals surface area contributed by atoms with Gasteiger partial charge in [-0.3, -0.25) is 4.98 Å². The topological polar surface area (TPSA) is 86.0 Å². The summed E-state index contributed by atoms with van der Waals surface area (Å²) in [4.78, 5) is 12.7. The Morgan fingerprint density at radius 2 is 1.81 bits per heavy atom. The lowest BCUT2D eigenvalue weighted by atomic mass is 10.3. The van der Waals surface area contributed by atoms with Gasteiger partial charge in [0.15, 0.2) is 5.65 Å². The molecule has 0 atom stereocenters. The van der Waals surface area contributed by atoms with Crippen LogP contribution in [0.15, 0.2) is 48.8 Å². The number of ether oxygens (including phenoxy) is 1. The molecule has 0 aliphatic heterocycles. The van der Waals surface area contributed by atoms with Gasteiger partial charge in [-0.15, -0.1) is 0 Å². The number of aromatic nitrogens is 3. The summed E-state index contributed by atoms with van der Waals surface area (Å²) in [6, 6.07) is 11.1. The lowest BCUT2D eigenvalue weighted by molar-refractivity contribution is 0.333. The van der Waals surface area contributed by atoms with Crippen molar-refractivity contribution in [2.24, 2.45) is 0 Å². The van der Waals surface area contributed by atoms with Crippen molar-refractivity contribution in [1.82, 2.24) is 15.0 Å². The molecule has 0 amide bonds. The van der Waals surface area contributed by atoms with Gasteiger partial charge in [-0.1, -0.05) is 0 Å². The largest absolute Gasteiger partial charge is 0.492 e. The third-order valence-corrected chi connectivity index (χ3v) is 2.89. The predicted molar refractivity (Wildman–Crippen MR) is 82.2 cm³/mol. The van der Waals surface area contributed by atoms with Crippen molar-refractivity contribution in [2.75, 3.05) is 24.2 Å². The molecule has 1 aromatic carbocycles. The number of benzene rings is 1. The summed E-state index contributed by atoms with van der Waals surface area (Å²) in [5.74, 6) is 1.55. The summed E-state index contributed by atoms with van der Waals surface area (Å²) in [5, 5.41) is 3.19. The minimum absolute atomic E-state index is 0.532. The van der Waals surface area contributed by atoms with Crippen LogP contribution in [0.3, 0.4) is 0 Å². The zero-order valence-electron chi connectivity index (χ0n) is 11.4. The second kappa shape index (κ2) is 6.04. The van der Waals surface area contributed by atoms with Crippen molar-refractivity contribution in [3.8, 4) is 5.75 Å². The Morgan fingerprint density at radius 1 is 1.00 bits per heavy atom. The molecule has 0 fully saturated rings. The molecule has 0 radical (unpaired) electrons. The maximum Gasteiger partial charge on any atom is 0.180 e. The minimum atomic E-state index is 0.532. The molecule has 0 aliphatic rings. The number of rotatable bonds is 5. The summed E-state index contributed by atoms with van der Waals surface area (Å²) >= 11 is 0. The van der Waals surface area contributed by atoms with Gasteiger partial charge in [-0.2, -0.15) is 0 Å². The lowest BCUT2D eigenvalue weighted by Gasteiger charge is -2.08. The van der Waals surface area contributed by atoms with E-state index in [2.05, 4.69) is 20.3 Å². The second-order valence-electron chi connectivity index (χ2n) is 4.44. The molecular weight excluding hydrogens is 266 g/mol. The first-order valence-corrected chi connectivity index (χ1v) is 6.61. The van der Waals surface area contributed by atoms with Crippen molar-refractivity contribution in [3.05, 3.63) is 48.8 Å². The summed E-state index contributed by atoms with van der Waals surface area (Å²) in [5.41, 5.74) is 7.75. The van der Waals surface area contributed by atoms with E-state index >= 15 is 0 Å². The number of nitrogens with two attached hydrogens (primary N) is 1. The Bertz CT molecular complexity index is 729. The van der Waals surface area contributed by atoms with Crippen molar-refractivity contribution in [2.45, 2.75) is 0 Å². The fourth-order valence-corrected chi connectivity index (χ4v) is 1.86. The average Bonchev–Trinajstić information content (AvgIpc) is 2.53. The van der Waals surface area contributed by atoms with Crippen LogP contribution in [-0.4, -0.2) is 28.1 Å². The molecule has 0 saturated heterocycles. The zero-order valence-corrected chi connectivity index (χ0v) is 11.4. The average molecular weight is 281 g/mol. The summed E-state index contributed by atoms with van der Waals surface area (Å²) < 4.78 is 5.60. The summed E-state index contributed by atoms with van der Waals surface area (Å²) in [7, 11) is 0. The van der Waals surface area contributed by atoms with Crippen molar-refractivity contribution in [1.29, 1.82) is 0 Å². The van der Waals surface area contributed by atoms with Crippen LogP contribution < -0.4 is 15.8 Å². The van der Waals surface area contributed by atoms with Crippen LogP contribution in [0.25, 0.3) is 11.2 Å². The van der Waals surface area contributed by atoms with Crippen molar-refractivity contribution < 1.29 is 4.74 Å². The Morgan fingerprint density at radius 3 is 2.67 bits per heavy atom. The molecule has 0 unspecified atom stereocenters. The van der Waals surface area contributed by atoms with Crippen molar-refractivity contribution >= 4 is 22.7 Å². The molecule has 3 rings (SSSR count). The van der Waals surface area contributed by atoms with Crippen LogP contribution in [0.2, 0.25) is 0 Å². The Kier molecular flexibility index (Phi) is 3.77. The molecule has 0 aliphatic carbocycles. The molecular formula is C15H15N5O. The molecule has 0 saturated carbocycles. The molecule has 3 aromatic rings. The van der Waals surface area contributed by atoms with E-state index in [4.69, 9.17) is 10.5 Å². The molecule has 6 heteroatoms. The number of pyridine rings is 1. The smallest absolute Gasteiger partial charge is 0.180 e. The third kappa shape index (κ3) is 3.36. The van der Waals surface area contributed by atoms with E-state index in [1.807, 2.05) is 36.4 Å². The number of nitrogens with one attached hydrogen (secondary N) is 1. The summed E-state index contributed by atoms with van der Waals surface area (Å²) in [6.45, 7) is 1.17. The molecule has 0 spiro atoms. The molecule has 2 heterocycles. The first kappa shape index (κ1) is 13.1. The van der Waals surface area contributed by atoms with E-state index in [-0.39, 0.29) is 0 Å². The number of anilines is 2. The van der Waals surface area contributed by atoms with Crippen LogP contribution in [-0.2, 0) is 0 Å². The van der Waals surface area contributed by atoms with E-state index in [9.17, 15) is 0 Å². The monoisotopic (exact) mass is 281 g/mol. The fourth-order valence-electron chi connectivity index (χ4n) is 1.86. The third-order valence-electron chi connectivity index (χ3n) is 2.89. The fraction of sp³-hybridized carbons (Fsp3) is 0.133. The first-order valence-electron chi connectivity index (χ1n) is 6.61. The first-order chi connectivity index (χ1) is 10.3. The van der Waals surface area contributed by atoms with Gasteiger partial charge in [0, 0.05) is 18.1 Å². The molecule has 6 nitrogen and oxygen atoms in total. The van der Waals surface area contributed by atoms with Crippen LogP contribution in [0, 0.1) is 0 Å². The van der Waals surface area contributed by atoms with E-state index in [0.29, 0.717) is 18.8 Å². The summed E-state index contributed by atoms with van der Waals surface area (Å²) in [6.07, 6.45) is 3.28. The number of fused-ring (bicyclic) bond motifs is 1. The normalized spacial score (nSPS) is 10.5. The van der Waals surface area contributed by atoms with Gasteiger partial charge < -0.3 is 15.8 Å². The van der Waals surface area contributed by atoms with Crippen molar-refractivity contribution in [3.63, 3.8) is 0 Å². The minimum Gasteiger partial charge on any atom is -0.492 e. The quantitative estimate of drug-likeness (QED) is 0.550. The SMILES string of the molecule is Nc1ccc(OCCNc2ccc3nccnc3n2)cc1. The highest BCUT2D eigenvalue weighted by molar-refractivity contribution is 5.71. The van der Waals surface area contributed by atoms with Gasteiger partial charge in [-0.05, 0) is 36.4 Å². The predicted octanol–water partition coefficient (Wildman–Crippen LogP) is 2.10. The van der Waals surface area contributed by atoms with Gasteiger partial charge in [0.25, 0.3) is 0 Å². The number of nitrogens with zero attached hydrogens (tertiary/aromatic N) is 3. The Labute approximate surface area is 122 Å². The van der Waals surface area contributed by atoms with Gasteiger partial charge in [0.05, 0.1) is 6.54 Å². The molecule has 2 aromatic heterocycles. The van der Waals surface area contributed by atoms with Crippen LogP contribution in [0.4, 0.5) is 11.5 Å². The van der Waals surface area contributed by atoms with Crippen LogP contribution in [0.1, 0.15) is 0 Å². The number of hydrogen-bond donors (Lipinski definition) is 2. The molecule has 3 N–H and O–H groups in total. The second-order valence-corrected chi connectivity index (χ2v) is 4.44. The maximum absolute atomic E-state index is 5.62. The Hall–Kier alpha value is -2.89. The zero-order chi connectivity index (χ0) is 14.5. The van der Waals surface area contributed by atoms with E-state index in [0.717, 1.165) is 22.8 Å².